The van der Waals surface area contributed by atoms with Crippen LogP contribution in [0.4, 0.5) is 0 Å². The van der Waals surface area contributed by atoms with E-state index < -0.39 is 5.97 Å². The third-order valence-electron chi connectivity index (χ3n) is 4.85. The zero-order chi connectivity index (χ0) is 20.3. The number of nitrogens with zero attached hydrogens (tertiary/aromatic N) is 2. The summed E-state index contributed by atoms with van der Waals surface area (Å²) in [5.74, 6) is -0.611. The number of benzene rings is 1. The largest absolute Gasteiger partial charge is 0.452 e. The van der Waals surface area contributed by atoms with Gasteiger partial charge in [0, 0.05) is 6.54 Å². The van der Waals surface area contributed by atoms with Crippen LogP contribution in [0, 0.1) is 12.8 Å². The highest BCUT2D eigenvalue weighted by Crippen LogP contribution is 2.29. The number of hydrogen-bond donors (Lipinski definition) is 1. The minimum absolute atomic E-state index is 0.0460. The average molecular weight is 404 g/mol. The van der Waals surface area contributed by atoms with Gasteiger partial charge in [-0.2, -0.15) is 5.10 Å². The average Bonchev–Trinajstić information content (AvgIpc) is 2.93. The monoisotopic (exact) mass is 403 g/mol. The quantitative estimate of drug-likeness (QED) is 0.743. The van der Waals surface area contributed by atoms with Crippen molar-refractivity contribution >= 4 is 23.5 Å². The van der Waals surface area contributed by atoms with Crippen molar-refractivity contribution in [2.75, 3.05) is 6.61 Å². The van der Waals surface area contributed by atoms with E-state index in [0.717, 1.165) is 24.8 Å². The molecule has 0 aliphatic heterocycles. The van der Waals surface area contributed by atoms with Gasteiger partial charge in [0.1, 0.15) is 10.7 Å². The molecule has 7 heteroatoms. The molecule has 0 saturated heterocycles. The highest BCUT2D eigenvalue weighted by atomic mass is 35.5. The second-order valence-electron chi connectivity index (χ2n) is 7.61. The Morgan fingerprint density at radius 2 is 2.11 bits per heavy atom. The minimum atomic E-state index is -0.628. The molecule has 0 fully saturated rings. The van der Waals surface area contributed by atoms with Gasteiger partial charge >= 0.3 is 5.97 Å². The maximum absolute atomic E-state index is 12.4. The molecule has 150 valence electrons. The number of ether oxygens (including phenoxy) is 1. The summed E-state index contributed by atoms with van der Waals surface area (Å²) in [6.45, 7) is 6.05. The Bertz CT molecular complexity index is 876. The Kier molecular flexibility index (Phi) is 6.39. The van der Waals surface area contributed by atoms with Crippen molar-refractivity contribution in [3.8, 4) is 0 Å². The number of esters is 1. The maximum atomic E-state index is 12.4. The predicted molar refractivity (Wildman–Crippen MR) is 107 cm³/mol. The Morgan fingerprint density at radius 3 is 2.86 bits per heavy atom. The molecule has 2 aromatic rings. The first kappa shape index (κ1) is 20.4. The lowest BCUT2D eigenvalue weighted by atomic mass is 9.88. The van der Waals surface area contributed by atoms with Crippen LogP contribution in [0.25, 0.3) is 0 Å². The molecular formula is C21H26ClN3O3. The van der Waals surface area contributed by atoms with Crippen LogP contribution in [0.15, 0.2) is 24.3 Å². The molecule has 0 radical (unpaired) electrons. The summed E-state index contributed by atoms with van der Waals surface area (Å²) in [5.41, 5.74) is 3.12. The van der Waals surface area contributed by atoms with E-state index in [0.29, 0.717) is 18.2 Å². The molecule has 1 N–H and O–H groups in total. The zero-order valence-corrected chi connectivity index (χ0v) is 17.3. The Labute approximate surface area is 170 Å². The number of carbonyl (C=O) groups excluding carboxylic acids is 2. The molecule has 1 amide bonds. The molecule has 1 atom stereocenters. The molecule has 0 bridgehead atoms. The smallest absolute Gasteiger partial charge is 0.343 e. The van der Waals surface area contributed by atoms with Crippen molar-refractivity contribution in [2.45, 2.75) is 52.6 Å². The molecule has 3 rings (SSSR count). The van der Waals surface area contributed by atoms with Crippen LogP contribution in [-0.2, 0) is 22.5 Å². The summed E-state index contributed by atoms with van der Waals surface area (Å²) >= 11 is 6.29. The van der Waals surface area contributed by atoms with Gasteiger partial charge < -0.3 is 10.1 Å². The molecule has 1 aromatic carbocycles. The van der Waals surface area contributed by atoms with E-state index in [2.05, 4.69) is 16.5 Å². The SMILES string of the molecule is Cc1nn(CC(C)C)c(Cl)c1C(=O)OCC(=O)N[C@@H]1CCCc2ccccc21. The Balaban J connectivity index is 1.60. The van der Waals surface area contributed by atoms with Crippen LogP contribution in [0.1, 0.15) is 59.9 Å². The molecule has 1 aliphatic carbocycles. The number of hydrogen-bond acceptors (Lipinski definition) is 4. The lowest BCUT2D eigenvalue weighted by molar-refractivity contribution is -0.125. The molecule has 1 heterocycles. The Hall–Kier alpha value is -2.34. The van der Waals surface area contributed by atoms with Crippen LogP contribution >= 0.6 is 11.6 Å². The minimum Gasteiger partial charge on any atom is -0.452 e. The Morgan fingerprint density at radius 1 is 1.36 bits per heavy atom. The standard InChI is InChI=1S/C21H26ClN3O3/c1-13(2)11-25-20(22)19(14(3)24-25)21(27)28-12-18(26)23-17-10-6-8-15-7-4-5-9-16(15)17/h4-5,7,9,13,17H,6,8,10-12H2,1-3H3,(H,23,26)/t17-/m1/s1. The first-order valence-electron chi connectivity index (χ1n) is 9.64. The van der Waals surface area contributed by atoms with Gasteiger partial charge in [0.25, 0.3) is 5.91 Å². The third kappa shape index (κ3) is 4.55. The van der Waals surface area contributed by atoms with Crippen LogP contribution < -0.4 is 5.32 Å². The van der Waals surface area contributed by atoms with E-state index in [-0.39, 0.29) is 29.3 Å². The van der Waals surface area contributed by atoms with E-state index in [1.54, 1.807) is 11.6 Å². The molecule has 0 spiro atoms. The summed E-state index contributed by atoms with van der Waals surface area (Å²) in [4.78, 5) is 24.8. The summed E-state index contributed by atoms with van der Waals surface area (Å²) in [5, 5.41) is 7.52. The van der Waals surface area contributed by atoms with E-state index >= 15 is 0 Å². The first-order chi connectivity index (χ1) is 13.4. The number of rotatable bonds is 6. The van der Waals surface area contributed by atoms with E-state index in [1.165, 1.54) is 5.56 Å². The number of aryl methyl sites for hydroxylation is 2. The van der Waals surface area contributed by atoms with Gasteiger partial charge in [-0.05, 0) is 43.2 Å². The summed E-state index contributed by atoms with van der Waals surface area (Å²) in [7, 11) is 0. The topological polar surface area (TPSA) is 73.2 Å². The fourth-order valence-corrected chi connectivity index (χ4v) is 3.92. The highest BCUT2D eigenvalue weighted by Gasteiger charge is 2.24. The number of carbonyl (C=O) groups is 2. The molecule has 6 nitrogen and oxygen atoms in total. The normalized spacial score (nSPS) is 16.0. The predicted octanol–water partition coefficient (Wildman–Crippen LogP) is 3.85. The van der Waals surface area contributed by atoms with Gasteiger partial charge in [-0.3, -0.25) is 9.48 Å². The van der Waals surface area contributed by atoms with Crippen molar-refractivity contribution in [1.29, 1.82) is 0 Å². The van der Waals surface area contributed by atoms with Gasteiger partial charge in [0.05, 0.1) is 11.7 Å². The number of nitrogens with one attached hydrogen (secondary N) is 1. The van der Waals surface area contributed by atoms with Gasteiger partial charge in [0.2, 0.25) is 0 Å². The van der Waals surface area contributed by atoms with Crippen LogP contribution in [0.3, 0.4) is 0 Å². The number of amides is 1. The maximum Gasteiger partial charge on any atom is 0.343 e. The van der Waals surface area contributed by atoms with Crippen molar-refractivity contribution < 1.29 is 14.3 Å². The molecule has 28 heavy (non-hydrogen) atoms. The fourth-order valence-electron chi connectivity index (χ4n) is 3.60. The summed E-state index contributed by atoms with van der Waals surface area (Å²) < 4.78 is 6.81. The lowest BCUT2D eigenvalue weighted by Crippen LogP contribution is -2.34. The lowest BCUT2D eigenvalue weighted by Gasteiger charge is -2.26. The second kappa shape index (κ2) is 8.78. The van der Waals surface area contributed by atoms with E-state index in [9.17, 15) is 9.59 Å². The van der Waals surface area contributed by atoms with Crippen LogP contribution in [0.5, 0.6) is 0 Å². The van der Waals surface area contributed by atoms with Crippen molar-refractivity contribution in [2.24, 2.45) is 5.92 Å². The third-order valence-corrected chi connectivity index (χ3v) is 5.23. The zero-order valence-electron chi connectivity index (χ0n) is 16.5. The van der Waals surface area contributed by atoms with Gasteiger partial charge in [0.15, 0.2) is 6.61 Å². The number of aromatic nitrogens is 2. The highest BCUT2D eigenvalue weighted by molar-refractivity contribution is 6.32. The van der Waals surface area contributed by atoms with E-state index in [4.69, 9.17) is 16.3 Å². The summed E-state index contributed by atoms with van der Waals surface area (Å²) in [6.07, 6.45) is 2.92. The van der Waals surface area contributed by atoms with Crippen molar-refractivity contribution in [3.63, 3.8) is 0 Å². The van der Waals surface area contributed by atoms with E-state index in [1.807, 2.05) is 32.0 Å². The fraction of sp³-hybridized carbons (Fsp3) is 0.476. The molecule has 1 aliphatic rings. The van der Waals surface area contributed by atoms with Gasteiger partial charge in [-0.15, -0.1) is 0 Å². The van der Waals surface area contributed by atoms with Crippen LogP contribution in [-0.4, -0.2) is 28.3 Å². The molecule has 0 unspecified atom stereocenters. The van der Waals surface area contributed by atoms with Gasteiger partial charge in [-0.25, -0.2) is 4.79 Å². The van der Waals surface area contributed by atoms with Crippen LogP contribution in [0.2, 0.25) is 5.15 Å². The first-order valence-corrected chi connectivity index (χ1v) is 10.0. The summed E-state index contributed by atoms with van der Waals surface area (Å²) in [6, 6.07) is 8.07. The molecule has 0 saturated carbocycles. The number of halogens is 1. The van der Waals surface area contributed by atoms with Gasteiger partial charge in [-0.1, -0.05) is 49.7 Å². The van der Waals surface area contributed by atoms with Crippen molar-refractivity contribution in [3.05, 3.63) is 51.8 Å². The molecule has 1 aromatic heterocycles. The number of fused-ring (bicyclic) bond motifs is 1. The molecular weight excluding hydrogens is 378 g/mol. The second-order valence-corrected chi connectivity index (χ2v) is 7.97. The van der Waals surface area contributed by atoms with Crippen molar-refractivity contribution in [1.82, 2.24) is 15.1 Å².